The molecule has 1 aliphatic rings. The van der Waals surface area contributed by atoms with Crippen LogP contribution in [-0.4, -0.2) is 17.6 Å². The van der Waals surface area contributed by atoms with Gasteiger partial charge in [-0.15, -0.1) is 0 Å². The lowest BCUT2D eigenvalue weighted by Gasteiger charge is -2.09. The molecule has 4 nitrogen and oxygen atoms in total. The number of nitrogens with zero attached hydrogens (tertiary/aromatic N) is 1. The maximum atomic E-state index is 11.4. The van der Waals surface area contributed by atoms with Gasteiger partial charge in [0.25, 0.3) is 0 Å². The average molecular weight is 218 g/mol. The zero-order chi connectivity index (χ0) is 11.5. The summed E-state index contributed by atoms with van der Waals surface area (Å²) in [7, 11) is 0. The van der Waals surface area contributed by atoms with Crippen molar-refractivity contribution in [1.82, 2.24) is 4.98 Å². The highest BCUT2D eigenvalue weighted by atomic mass is 16.5. The normalized spacial score (nSPS) is 18.2. The number of aromatic nitrogens is 1. The molecule has 4 heteroatoms. The van der Waals surface area contributed by atoms with Crippen LogP contribution in [0.1, 0.15) is 18.9 Å². The smallest absolute Gasteiger partial charge is 0.335 e. The van der Waals surface area contributed by atoms with Crippen LogP contribution in [0, 0.1) is 6.92 Å². The van der Waals surface area contributed by atoms with Crippen LogP contribution in [0.2, 0.25) is 0 Å². The fraction of sp³-hybridized carbons (Fsp3) is 0.333. The molecule has 0 aromatic carbocycles. The van der Waals surface area contributed by atoms with Crippen molar-refractivity contribution >= 4 is 11.8 Å². The predicted octanol–water partition coefficient (Wildman–Crippen LogP) is 2.02. The Balaban J connectivity index is 2.22. The third-order valence-electron chi connectivity index (χ3n) is 2.60. The molecule has 0 amide bonds. The summed E-state index contributed by atoms with van der Waals surface area (Å²) < 4.78 is 4.90. The maximum absolute atomic E-state index is 11.4. The fourth-order valence-electron chi connectivity index (χ4n) is 1.65. The molecule has 1 aromatic heterocycles. The van der Waals surface area contributed by atoms with Gasteiger partial charge in [0.15, 0.2) is 0 Å². The highest BCUT2D eigenvalue weighted by molar-refractivity contribution is 5.91. The molecule has 0 unspecified atom stereocenters. The monoisotopic (exact) mass is 218 g/mol. The molecule has 0 aliphatic carbocycles. The van der Waals surface area contributed by atoms with E-state index >= 15 is 0 Å². The Labute approximate surface area is 94.3 Å². The second-order valence-electron chi connectivity index (χ2n) is 3.78. The molecule has 0 atom stereocenters. The lowest BCUT2D eigenvalue weighted by Crippen LogP contribution is -2.06. The minimum atomic E-state index is -0.224. The summed E-state index contributed by atoms with van der Waals surface area (Å²) in [6, 6.07) is 3.85. The Hall–Kier alpha value is -1.84. The van der Waals surface area contributed by atoms with Crippen LogP contribution in [-0.2, 0) is 9.53 Å². The third-order valence-corrected chi connectivity index (χ3v) is 2.60. The van der Waals surface area contributed by atoms with Gasteiger partial charge in [-0.25, -0.2) is 9.78 Å². The van der Waals surface area contributed by atoms with E-state index in [0.29, 0.717) is 18.6 Å². The summed E-state index contributed by atoms with van der Waals surface area (Å²) in [5, 5.41) is 3.15. The summed E-state index contributed by atoms with van der Waals surface area (Å²) in [4.78, 5) is 15.6. The Morgan fingerprint density at radius 3 is 3.00 bits per heavy atom. The Morgan fingerprint density at radius 1 is 1.56 bits per heavy atom. The van der Waals surface area contributed by atoms with Crippen molar-refractivity contribution in [2.24, 2.45) is 0 Å². The van der Waals surface area contributed by atoms with Crippen molar-refractivity contribution in [2.45, 2.75) is 20.3 Å². The van der Waals surface area contributed by atoms with Crippen LogP contribution >= 0.6 is 0 Å². The number of pyridine rings is 1. The van der Waals surface area contributed by atoms with Crippen molar-refractivity contribution in [2.75, 3.05) is 11.9 Å². The summed E-state index contributed by atoms with van der Waals surface area (Å²) in [6.45, 7) is 4.32. The molecule has 2 heterocycles. The number of ether oxygens (including phenoxy) is 1. The van der Waals surface area contributed by atoms with E-state index in [1.165, 1.54) is 0 Å². The van der Waals surface area contributed by atoms with Gasteiger partial charge in [0.2, 0.25) is 0 Å². The number of hydrogen-bond acceptors (Lipinski definition) is 4. The number of esters is 1. The van der Waals surface area contributed by atoms with Crippen LogP contribution < -0.4 is 5.32 Å². The first-order valence-electron chi connectivity index (χ1n) is 5.24. The highest BCUT2D eigenvalue weighted by Crippen LogP contribution is 2.20. The van der Waals surface area contributed by atoms with Crippen LogP contribution in [0.3, 0.4) is 0 Å². The van der Waals surface area contributed by atoms with Gasteiger partial charge in [-0.05, 0) is 25.5 Å². The van der Waals surface area contributed by atoms with Crippen molar-refractivity contribution in [3.05, 3.63) is 35.2 Å². The van der Waals surface area contributed by atoms with Crippen molar-refractivity contribution in [3.63, 3.8) is 0 Å². The molecule has 1 saturated heterocycles. The molecule has 1 N–H and O–H groups in total. The van der Waals surface area contributed by atoms with E-state index < -0.39 is 0 Å². The molecule has 0 bridgehead atoms. The Bertz CT molecular complexity index is 452. The van der Waals surface area contributed by atoms with Crippen molar-refractivity contribution < 1.29 is 9.53 Å². The number of carbonyl (C=O) groups is 1. The number of nitrogens with one attached hydrogen (secondary N) is 1. The summed E-state index contributed by atoms with van der Waals surface area (Å²) >= 11 is 0. The van der Waals surface area contributed by atoms with E-state index in [4.69, 9.17) is 4.74 Å². The molecule has 84 valence electrons. The van der Waals surface area contributed by atoms with Gasteiger partial charge >= 0.3 is 5.97 Å². The molecule has 16 heavy (non-hydrogen) atoms. The van der Waals surface area contributed by atoms with Gasteiger partial charge in [-0.1, -0.05) is 6.07 Å². The van der Waals surface area contributed by atoms with Crippen molar-refractivity contribution in [3.8, 4) is 0 Å². The number of allylic oxidation sites excluding steroid dienone is 1. The minimum Gasteiger partial charge on any atom is -0.462 e. The van der Waals surface area contributed by atoms with E-state index in [-0.39, 0.29) is 5.97 Å². The molecule has 1 aliphatic heterocycles. The number of anilines is 1. The zero-order valence-corrected chi connectivity index (χ0v) is 9.41. The summed E-state index contributed by atoms with van der Waals surface area (Å²) in [5.41, 5.74) is 2.59. The first-order valence-corrected chi connectivity index (χ1v) is 5.24. The third kappa shape index (κ3) is 2.05. The van der Waals surface area contributed by atoms with Crippen LogP contribution in [0.15, 0.2) is 29.6 Å². The first kappa shape index (κ1) is 10.7. The van der Waals surface area contributed by atoms with Gasteiger partial charge in [0, 0.05) is 18.3 Å². The molecular formula is C12H14N2O2. The van der Waals surface area contributed by atoms with Crippen LogP contribution in [0.4, 0.5) is 5.82 Å². The van der Waals surface area contributed by atoms with Gasteiger partial charge in [-0.2, -0.15) is 0 Å². The van der Waals surface area contributed by atoms with Crippen LogP contribution in [0.5, 0.6) is 0 Å². The van der Waals surface area contributed by atoms with Crippen LogP contribution in [0.25, 0.3) is 0 Å². The van der Waals surface area contributed by atoms with E-state index in [1.54, 1.807) is 6.20 Å². The SMILES string of the molecule is C/C(Nc1ncccc1C)=C1/CCOC1=O. The van der Waals surface area contributed by atoms with Gasteiger partial charge in [-0.3, -0.25) is 0 Å². The second kappa shape index (κ2) is 4.35. The highest BCUT2D eigenvalue weighted by Gasteiger charge is 2.21. The predicted molar refractivity (Wildman–Crippen MR) is 60.9 cm³/mol. The molecular weight excluding hydrogens is 204 g/mol. The Kier molecular flexibility index (Phi) is 2.90. The van der Waals surface area contributed by atoms with Crippen molar-refractivity contribution in [1.29, 1.82) is 0 Å². The molecule has 1 aromatic rings. The van der Waals surface area contributed by atoms with E-state index in [0.717, 1.165) is 17.1 Å². The average Bonchev–Trinajstić information content (AvgIpc) is 2.68. The lowest BCUT2D eigenvalue weighted by atomic mass is 10.2. The number of carbonyl (C=O) groups excluding carboxylic acids is 1. The number of rotatable bonds is 2. The molecule has 2 rings (SSSR count). The van der Waals surface area contributed by atoms with Gasteiger partial charge in [0.05, 0.1) is 12.2 Å². The van der Waals surface area contributed by atoms with E-state index in [9.17, 15) is 4.79 Å². The zero-order valence-electron chi connectivity index (χ0n) is 9.41. The number of aryl methyl sites for hydroxylation is 1. The largest absolute Gasteiger partial charge is 0.462 e. The molecule has 0 spiro atoms. The van der Waals surface area contributed by atoms with E-state index in [1.807, 2.05) is 26.0 Å². The molecule has 1 fully saturated rings. The molecule has 0 radical (unpaired) electrons. The van der Waals surface area contributed by atoms with Gasteiger partial charge in [0.1, 0.15) is 5.82 Å². The number of hydrogen-bond donors (Lipinski definition) is 1. The summed E-state index contributed by atoms with van der Waals surface area (Å²) in [5.74, 6) is 0.561. The topological polar surface area (TPSA) is 51.2 Å². The standard InChI is InChI=1S/C12H14N2O2/c1-8-4-3-6-13-11(8)14-9(2)10-5-7-16-12(10)15/h3-4,6H,5,7H2,1-2H3,(H,13,14)/b10-9+. The number of cyclic esters (lactones) is 1. The summed E-state index contributed by atoms with van der Waals surface area (Å²) in [6.07, 6.45) is 2.39. The maximum Gasteiger partial charge on any atom is 0.335 e. The fourth-order valence-corrected chi connectivity index (χ4v) is 1.65. The minimum absolute atomic E-state index is 0.224. The van der Waals surface area contributed by atoms with E-state index in [2.05, 4.69) is 10.3 Å². The second-order valence-corrected chi connectivity index (χ2v) is 3.78. The quantitative estimate of drug-likeness (QED) is 0.609. The Morgan fingerprint density at radius 2 is 2.38 bits per heavy atom. The first-order chi connectivity index (χ1) is 7.68. The lowest BCUT2D eigenvalue weighted by molar-refractivity contribution is -0.135. The molecule has 0 saturated carbocycles. The van der Waals surface area contributed by atoms with Gasteiger partial charge < -0.3 is 10.1 Å².